The summed E-state index contributed by atoms with van der Waals surface area (Å²) in [6, 6.07) is 2.94. The van der Waals surface area contributed by atoms with E-state index in [2.05, 4.69) is 4.98 Å². The fourth-order valence-corrected chi connectivity index (χ4v) is 0.931. The van der Waals surface area contributed by atoms with Gasteiger partial charge in [-0.2, -0.15) is 0 Å². The Hall–Kier alpha value is -1.42. The van der Waals surface area contributed by atoms with Crippen LogP contribution in [0.25, 0.3) is 0 Å². The number of hydrogen-bond donors (Lipinski definition) is 2. The van der Waals surface area contributed by atoms with E-state index < -0.39 is 12.1 Å². The summed E-state index contributed by atoms with van der Waals surface area (Å²) >= 11 is 0. The van der Waals surface area contributed by atoms with Gasteiger partial charge in [0.1, 0.15) is 0 Å². The summed E-state index contributed by atoms with van der Waals surface area (Å²) in [6.07, 6.45) is 0.603. The highest BCUT2D eigenvalue weighted by Crippen LogP contribution is 2.13. The van der Waals surface area contributed by atoms with Crippen molar-refractivity contribution in [3.63, 3.8) is 0 Å². The molecular weight excluding hydrogens is 158 g/mol. The van der Waals surface area contributed by atoms with Gasteiger partial charge < -0.3 is 10.2 Å². The Labute approximate surface area is 69.5 Å². The summed E-state index contributed by atoms with van der Waals surface area (Å²) in [6.45, 7) is 1.48. The van der Waals surface area contributed by atoms with Crippen molar-refractivity contribution in [3.05, 3.63) is 29.6 Å². The van der Waals surface area contributed by atoms with E-state index in [0.29, 0.717) is 0 Å². The second-order valence-corrected chi connectivity index (χ2v) is 2.42. The molecule has 0 bridgehead atoms. The zero-order valence-electron chi connectivity index (χ0n) is 6.56. The van der Waals surface area contributed by atoms with Gasteiger partial charge in [-0.3, -0.25) is 4.98 Å². The van der Waals surface area contributed by atoms with E-state index in [1.807, 2.05) is 0 Å². The zero-order chi connectivity index (χ0) is 9.14. The Morgan fingerprint density at radius 3 is 2.75 bits per heavy atom. The fourth-order valence-electron chi connectivity index (χ4n) is 0.931. The maximum atomic E-state index is 10.6. The molecule has 12 heavy (non-hydrogen) atoms. The van der Waals surface area contributed by atoms with Crippen LogP contribution in [0.2, 0.25) is 0 Å². The lowest BCUT2D eigenvalue weighted by molar-refractivity contribution is 0.0689. The molecule has 0 aliphatic heterocycles. The SMILES string of the molecule is C[C@H](O)c1ncccc1C(=O)O. The molecule has 0 saturated carbocycles. The highest BCUT2D eigenvalue weighted by molar-refractivity contribution is 5.88. The second-order valence-electron chi connectivity index (χ2n) is 2.42. The van der Waals surface area contributed by atoms with Crippen LogP contribution in [0, 0.1) is 0 Å². The van der Waals surface area contributed by atoms with Crippen LogP contribution < -0.4 is 0 Å². The Morgan fingerprint density at radius 1 is 1.67 bits per heavy atom. The van der Waals surface area contributed by atoms with Gasteiger partial charge in [0.2, 0.25) is 0 Å². The van der Waals surface area contributed by atoms with Crippen molar-refractivity contribution in [1.82, 2.24) is 4.98 Å². The van der Waals surface area contributed by atoms with Gasteiger partial charge in [0.05, 0.1) is 17.4 Å². The molecule has 2 N–H and O–H groups in total. The third kappa shape index (κ3) is 1.60. The first-order valence-corrected chi connectivity index (χ1v) is 3.49. The lowest BCUT2D eigenvalue weighted by Gasteiger charge is -2.05. The number of nitrogens with zero attached hydrogens (tertiary/aromatic N) is 1. The first kappa shape index (κ1) is 8.67. The number of pyridine rings is 1. The van der Waals surface area contributed by atoms with Gasteiger partial charge in [0.25, 0.3) is 0 Å². The summed E-state index contributed by atoms with van der Waals surface area (Å²) in [4.78, 5) is 14.3. The standard InChI is InChI=1S/C8H9NO3/c1-5(10)7-6(8(11)12)3-2-4-9-7/h2-5,10H,1H3,(H,11,12)/t5-/m0/s1. The van der Waals surface area contributed by atoms with Crippen LogP contribution in [0.1, 0.15) is 29.1 Å². The van der Waals surface area contributed by atoms with Gasteiger partial charge in [0, 0.05) is 6.20 Å². The summed E-state index contributed by atoms with van der Waals surface area (Å²) in [5.41, 5.74) is 0.248. The average Bonchev–Trinajstić information content (AvgIpc) is 2.04. The Balaban J connectivity index is 3.17. The molecule has 0 spiro atoms. The minimum absolute atomic E-state index is 0.0486. The quantitative estimate of drug-likeness (QED) is 0.684. The van der Waals surface area contributed by atoms with Gasteiger partial charge >= 0.3 is 5.97 Å². The van der Waals surface area contributed by atoms with Crippen LogP contribution in [0.3, 0.4) is 0 Å². The molecule has 1 rings (SSSR count). The molecule has 0 aliphatic rings. The molecule has 0 radical (unpaired) electrons. The molecular formula is C8H9NO3. The fraction of sp³-hybridized carbons (Fsp3) is 0.250. The lowest BCUT2D eigenvalue weighted by atomic mass is 10.1. The molecule has 0 saturated heterocycles. The molecule has 1 aromatic rings. The molecule has 0 unspecified atom stereocenters. The van der Waals surface area contributed by atoms with E-state index in [1.54, 1.807) is 0 Å². The van der Waals surface area contributed by atoms with Crippen molar-refractivity contribution in [2.24, 2.45) is 0 Å². The van der Waals surface area contributed by atoms with Crippen LogP contribution in [-0.2, 0) is 0 Å². The van der Waals surface area contributed by atoms with Crippen molar-refractivity contribution in [2.45, 2.75) is 13.0 Å². The summed E-state index contributed by atoms with van der Waals surface area (Å²) in [5, 5.41) is 17.8. The molecule has 0 amide bonds. The van der Waals surface area contributed by atoms with Crippen LogP contribution in [0.5, 0.6) is 0 Å². The van der Waals surface area contributed by atoms with Crippen molar-refractivity contribution < 1.29 is 15.0 Å². The number of aliphatic hydroxyl groups excluding tert-OH is 1. The number of aromatic carboxylic acids is 1. The number of hydrogen-bond acceptors (Lipinski definition) is 3. The number of carboxylic acids is 1. The third-order valence-corrected chi connectivity index (χ3v) is 1.46. The van der Waals surface area contributed by atoms with E-state index >= 15 is 0 Å². The average molecular weight is 167 g/mol. The number of aromatic nitrogens is 1. The highest BCUT2D eigenvalue weighted by Gasteiger charge is 2.13. The predicted molar refractivity (Wildman–Crippen MR) is 41.8 cm³/mol. The molecule has 64 valence electrons. The largest absolute Gasteiger partial charge is 0.478 e. The molecule has 1 heterocycles. The number of rotatable bonds is 2. The van der Waals surface area contributed by atoms with E-state index in [9.17, 15) is 4.79 Å². The van der Waals surface area contributed by atoms with Gasteiger partial charge in [-0.05, 0) is 19.1 Å². The molecule has 4 nitrogen and oxygen atoms in total. The van der Waals surface area contributed by atoms with Gasteiger partial charge in [0.15, 0.2) is 0 Å². The molecule has 4 heteroatoms. The summed E-state index contributed by atoms with van der Waals surface area (Å²) in [5.74, 6) is -1.07. The first-order valence-electron chi connectivity index (χ1n) is 3.49. The van der Waals surface area contributed by atoms with Crippen molar-refractivity contribution in [1.29, 1.82) is 0 Å². The molecule has 0 fully saturated rings. The Kier molecular flexibility index (Phi) is 2.40. The monoisotopic (exact) mass is 167 g/mol. The van der Waals surface area contributed by atoms with Crippen molar-refractivity contribution >= 4 is 5.97 Å². The predicted octanol–water partition coefficient (Wildman–Crippen LogP) is 0.833. The minimum atomic E-state index is -1.07. The first-order chi connectivity index (χ1) is 5.63. The third-order valence-electron chi connectivity index (χ3n) is 1.46. The van der Waals surface area contributed by atoms with Crippen LogP contribution in [0.4, 0.5) is 0 Å². The van der Waals surface area contributed by atoms with E-state index in [-0.39, 0.29) is 11.3 Å². The maximum Gasteiger partial charge on any atom is 0.337 e. The normalized spacial score (nSPS) is 12.5. The second kappa shape index (κ2) is 3.32. The zero-order valence-corrected chi connectivity index (χ0v) is 6.56. The topological polar surface area (TPSA) is 70.4 Å². The smallest absolute Gasteiger partial charge is 0.337 e. The molecule has 1 aromatic heterocycles. The van der Waals surface area contributed by atoms with Gasteiger partial charge in [-0.1, -0.05) is 0 Å². The highest BCUT2D eigenvalue weighted by atomic mass is 16.4. The van der Waals surface area contributed by atoms with Gasteiger partial charge in [-0.25, -0.2) is 4.79 Å². The van der Waals surface area contributed by atoms with Gasteiger partial charge in [-0.15, -0.1) is 0 Å². The Morgan fingerprint density at radius 2 is 2.33 bits per heavy atom. The van der Waals surface area contributed by atoms with Crippen molar-refractivity contribution in [3.8, 4) is 0 Å². The number of aliphatic hydroxyl groups is 1. The van der Waals surface area contributed by atoms with E-state index in [1.165, 1.54) is 25.3 Å². The number of carboxylic acid groups (broad SMARTS) is 1. The minimum Gasteiger partial charge on any atom is -0.478 e. The molecule has 0 aliphatic carbocycles. The summed E-state index contributed by atoms with van der Waals surface area (Å²) < 4.78 is 0. The molecule has 0 aromatic carbocycles. The number of carbonyl (C=O) groups is 1. The van der Waals surface area contributed by atoms with Crippen LogP contribution in [0.15, 0.2) is 18.3 Å². The van der Waals surface area contributed by atoms with Crippen molar-refractivity contribution in [2.75, 3.05) is 0 Å². The van der Waals surface area contributed by atoms with E-state index in [0.717, 1.165) is 0 Å². The lowest BCUT2D eigenvalue weighted by Crippen LogP contribution is -2.06. The van der Waals surface area contributed by atoms with E-state index in [4.69, 9.17) is 10.2 Å². The van der Waals surface area contributed by atoms with Crippen LogP contribution >= 0.6 is 0 Å². The summed E-state index contributed by atoms with van der Waals surface area (Å²) in [7, 11) is 0. The molecule has 1 atom stereocenters. The Bertz CT molecular complexity index is 296. The maximum absolute atomic E-state index is 10.6. The van der Waals surface area contributed by atoms with Crippen LogP contribution in [-0.4, -0.2) is 21.2 Å².